The molecule has 1 fully saturated rings. The van der Waals surface area contributed by atoms with Gasteiger partial charge >= 0.3 is 6.18 Å². The van der Waals surface area contributed by atoms with Gasteiger partial charge in [0.25, 0.3) is 0 Å². The molecule has 0 N–H and O–H groups in total. The van der Waals surface area contributed by atoms with Crippen LogP contribution in [0.15, 0.2) is 17.0 Å². The lowest BCUT2D eigenvalue weighted by molar-refractivity contribution is -0.121. The number of alkyl halides is 3. The van der Waals surface area contributed by atoms with Crippen LogP contribution in [0.4, 0.5) is 23.2 Å². The monoisotopic (exact) mass is 321 g/mol. The Bertz CT molecular complexity index is 585. The molecule has 0 radical (unpaired) electrons. The van der Waals surface area contributed by atoms with E-state index in [0.717, 1.165) is 12.1 Å². The molecule has 0 saturated carbocycles. The van der Waals surface area contributed by atoms with E-state index in [1.165, 1.54) is 6.92 Å². The first-order chi connectivity index (χ1) is 9.69. The second kappa shape index (κ2) is 5.67. The van der Waals surface area contributed by atoms with Crippen molar-refractivity contribution < 1.29 is 27.2 Å². The molecule has 21 heavy (non-hydrogen) atoms. The number of carbonyl (C=O) groups excluding carboxylic acids is 2. The lowest BCUT2D eigenvalue weighted by Crippen LogP contribution is -2.29. The van der Waals surface area contributed by atoms with Gasteiger partial charge in [-0.3, -0.25) is 9.59 Å². The second-order valence-electron chi connectivity index (χ2n) is 4.60. The number of amides is 2. The van der Waals surface area contributed by atoms with Crippen LogP contribution < -0.4 is 4.90 Å². The zero-order valence-corrected chi connectivity index (χ0v) is 11.8. The summed E-state index contributed by atoms with van der Waals surface area (Å²) >= 11 is 0.497. The van der Waals surface area contributed by atoms with Crippen molar-refractivity contribution >= 4 is 29.3 Å². The molecule has 1 aliphatic rings. The molecule has 1 heterocycles. The van der Waals surface area contributed by atoms with Crippen molar-refractivity contribution in [1.29, 1.82) is 0 Å². The molecule has 1 aliphatic heterocycles. The van der Waals surface area contributed by atoms with Crippen molar-refractivity contribution in [3.05, 3.63) is 23.5 Å². The molecule has 0 spiro atoms. The standard InChI is InChI=1S/C13H11F4NO2S/c1-7-4-8(14)9(18-11(19)2-3-12(18)20)5-10(7)21-6-13(15,16)17/h4-5H,2-3,6H2,1H3. The summed E-state index contributed by atoms with van der Waals surface area (Å²) in [6.45, 7) is 1.47. The largest absolute Gasteiger partial charge is 0.398 e. The molecule has 0 unspecified atom stereocenters. The first-order valence-electron chi connectivity index (χ1n) is 6.04. The molecule has 1 aromatic carbocycles. The Kier molecular flexibility index (Phi) is 4.27. The zero-order valence-electron chi connectivity index (χ0n) is 11.0. The minimum absolute atomic E-state index is 0.0167. The average Bonchev–Trinajstić information content (AvgIpc) is 2.68. The van der Waals surface area contributed by atoms with Crippen LogP contribution in [0, 0.1) is 12.7 Å². The lowest BCUT2D eigenvalue weighted by atomic mass is 10.2. The maximum absolute atomic E-state index is 13.9. The van der Waals surface area contributed by atoms with Gasteiger partial charge in [0.15, 0.2) is 0 Å². The third-order valence-corrected chi connectivity index (χ3v) is 4.15. The van der Waals surface area contributed by atoms with Crippen LogP contribution in [0.2, 0.25) is 0 Å². The van der Waals surface area contributed by atoms with Crippen LogP contribution in [0.1, 0.15) is 18.4 Å². The van der Waals surface area contributed by atoms with Gasteiger partial charge in [-0.25, -0.2) is 9.29 Å². The van der Waals surface area contributed by atoms with E-state index in [1.54, 1.807) is 0 Å². The summed E-state index contributed by atoms with van der Waals surface area (Å²) in [6.07, 6.45) is -4.39. The Morgan fingerprint density at radius 1 is 1.19 bits per heavy atom. The molecular weight excluding hydrogens is 310 g/mol. The normalized spacial score (nSPS) is 16.0. The number of benzene rings is 1. The quantitative estimate of drug-likeness (QED) is 0.486. The maximum Gasteiger partial charge on any atom is 0.398 e. The van der Waals surface area contributed by atoms with Crippen molar-refractivity contribution in [3.8, 4) is 0 Å². The summed E-state index contributed by atoms with van der Waals surface area (Å²) in [4.78, 5) is 24.1. The molecular formula is C13H11F4NO2S. The Morgan fingerprint density at radius 2 is 1.76 bits per heavy atom. The fraction of sp³-hybridized carbons (Fsp3) is 0.385. The molecule has 0 atom stereocenters. The smallest absolute Gasteiger partial charge is 0.274 e. The number of imide groups is 1. The van der Waals surface area contributed by atoms with Crippen LogP contribution in [-0.2, 0) is 9.59 Å². The summed E-state index contributed by atoms with van der Waals surface area (Å²) in [6, 6.07) is 2.16. The van der Waals surface area contributed by atoms with Crippen LogP contribution >= 0.6 is 11.8 Å². The highest BCUT2D eigenvalue weighted by atomic mass is 32.2. The molecule has 1 aromatic rings. The van der Waals surface area contributed by atoms with Crippen LogP contribution in [0.5, 0.6) is 0 Å². The summed E-state index contributed by atoms with van der Waals surface area (Å²) in [5.74, 6) is -3.02. The van der Waals surface area contributed by atoms with Gasteiger partial charge in [-0.2, -0.15) is 13.2 Å². The fourth-order valence-corrected chi connectivity index (χ4v) is 2.77. The summed E-state index contributed by atoms with van der Waals surface area (Å²) in [5.41, 5.74) is 0.0439. The minimum atomic E-state index is -4.36. The van der Waals surface area contributed by atoms with E-state index in [2.05, 4.69) is 0 Å². The Balaban J connectivity index is 2.34. The van der Waals surface area contributed by atoms with Crippen molar-refractivity contribution in [2.24, 2.45) is 0 Å². The number of aryl methyl sites for hydroxylation is 1. The molecule has 0 aromatic heterocycles. The number of halogens is 4. The fourth-order valence-electron chi connectivity index (χ4n) is 1.97. The van der Waals surface area contributed by atoms with Gasteiger partial charge in [0.1, 0.15) is 5.82 Å². The predicted octanol–water partition coefficient (Wildman–Crippen LogP) is 3.44. The summed E-state index contributed by atoms with van der Waals surface area (Å²) < 4.78 is 50.7. The summed E-state index contributed by atoms with van der Waals surface area (Å²) in [7, 11) is 0. The van der Waals surface area contributed by atoms with Crippen molar-refractivity contribution in [1.82, 2.24) is 0 Å². The number of rotatable bonds is 3. The number of thioether (sulfide) groups is 1. The number of carbonyl (C=O) groups is 2. The van der Waals surface area contributed by atoms with Gasteiger partial charge in [0, 0.05) is 17.7 Å². The molecule has 1 saturated heterocycles. The highest BCUT2D eigenvalue weighted by Crippen LogP contribution is 2.35. The first-order valence-corrected chi connectivity index (χ1v) is 7.03. The number of anilines is 1. The predicted molar refractivity (Wildman–Crippen MR) is 69.6 cm³/mol. The number of hydrogen-bond acceptors (Lipinski definition) is 3. The third-order valence-electron chi connectivity index (χ3n) is 2.93. The van der Waals surface area contributed by atoms with Crippen LogP contribution in [0.25, 0.3) is 0 Å². The maximum atomic E-state index is 13.9. The van der Waals surface area contributed by atoms with E-state index in [4.69, 9.17) is 0 Å². The molecule has 114 valence electrons. The molecule has 0 aliphatic carbocycles. The Labute approximate surface area is 122 Å². The van der Waals surface area contributed by atoms with Gasteiger partial charge in [-0.1, -0.05) is 0 Å². The highest BCUT2D eigenvalue weighted by molar-refractivity contribution is 7.99. The van der Waals surface area contributed by atoms with E-state index in [-0.39, 0.29) is 23.4 Å². The number of hydrogen-bond donors (Lipinski definition) is 0. The van der Waals surface area contributed by atoms with Gasteiger partial charge < -0.3 is 0 Å². The zero-order chi connectivity index (χ0) is 15.8. The lowest BCUT2D eigenvalue weighted by Gasteiger charge is -2.17. The van der Waals surface area contributed by atoms with E-state index in [0.29, 0.717) is 22.2 Å². The Morgan fingerprint density at radius 3 is 2.29 bits per heavy atom. The number of nitrogens with zero attached hydrogens (tertiary/aromatic N) is 1. The first kappa shape index (κ1) is 15.8. The van der Waals surface area contributed by atoms with Crippen LogP contribution in [-0.4, -0.2) is 23.7 Å². The van der Waals surface area contributed by atoms with E-state index in [1.807, 2.05) is 0 Å². The van der Waals surface area contributed by atoms with Gasteiger partial charge in [0.05, 0.1) is 11.4 Å². The highest BCUT2D eigenvalue weighted by Gasteiger charge is 2.33. The second-order valence-corrected chi connectivity index (χ2v) is 5.61. The van der Waals surface area contributed by atoms with Crippen molar-refractivity contribution in [2.45, 2.75) is 30.8 Å². The van der Waals surface area contributed by atoms with Gasteiger partial charge in [-0.15, -0.1) is 11.8 Å². The molecule has 8 heteroatoms. The third kappa shape index (κ3) is 3.55. The average molecular weight is 321 g/mol. The molecule has 3 nitrogen and oxygen atoms in total. The molecule has 0 bridgehead atoms. The molecule has 2 rings (SSSR count). The van der Waals surface area contributed by atoms with Crippen molar-refractivity contribution in [3.63, 3.8) is 0 Å². The Hall–Kier alpha value is -1.57. The van der Waals surface area contributed by atoms with E-state index in [9.17, 15) is 27.2 Å². The van der Waals surface area contributed by atoms with E-state index < -0.39 is 29.6 Å². The topological polar surface area (TPSA) is 37.4 Å². The molecule has 2 amide bonds. The van der Waals surface area contributed by atoms with Crippen LogP contribution in [0.3, 0.4) is 0 Å². The SMILES string of the molecule is Cc1cc(F)c(N2C(=O)CCC2=O)cc1SCC(F)(F)F. The van der Waals surface area contributed by atoms with Gasteiger partial charge in [-0.05, 0) is 24.6 Å². The van der Waals surface area contributed by atoms with Crippen molar-refractivity contribution in [2.75, 3.05) is 10.7 Å². The minimum Gasteiger partial charge on any atom is -0.274 e. The van der Waals surface area contributed by atoms with E-state index >= 15 is 0 Å². The summed E-state index contributed by atoms with van der Waals surface area (Å²) in [5, 5.41) is 0. The van der Waals surface area contributed by atoms with Gasteiger partial charge in [0.2, 0.25) is 11.8 Å².